The van der Waals surface area contributed by atoms with Crippen LogP contribution in [0.3, 0.4) is 0 Å². The summed E-state index contributed by atoms with van der Waals surface area (Å²) < 4.78 is 10.5. The second-order valence-corrected chi connectivity index (χ2v) is 6.58. The lowest BCUT2D eigenvalue weighted by Gasteiger charge is -2.12. The monoisotopic (exact) mass is 392 g/mol. The van der Waals surface area contributed by atoms with E-state index in [4.69, 9.17) is 9.47 Å². The standard InChI is InChI=1S/C22H24N4O3/c1-14-5-10-20(29-4)18(11-14)25-22-24-15(2)12-19(26-22)21(27)23-13-16-6-8-17(28-3)9-7-16/h5-12H,13H2,1-4H3,(H,23,27)(H,24,25,26). The molecule has 7 heteroatoms. The fraction of sp³-hybridized carbons (Fsp3) is 0.227. The van der Waals surface area contributed by atoms with Crippen molar-refractivity contribution < 1.29 is 14.3 Å². The summed E-state index contributed by atoms with van der Waals surface area (Å²) >= 11 is 0. The normalized spacial score (nSPS) is 10.3. The van der Waals surface area contributed by atoms with Crippen LogP contribution in [0.4, 0.5) is 11.6 Å². The first-order chi connectivity index (χ1) is 14.0. The lowest BCUT2D eigenvalue weighted by molar-refractivity contribution is 0.0945. The summed E-state index contributed by atoms with van der Waals surface area (Å²) in [5.41, 5.74) is 3.75. The zero-order chi connectivity index (χ0) is 20.8. The molecule has 150 valence electrons. The molecule has 2 aromatic carbocycles. The van der Waals surface area contributed by atoms with Gasteiger partial charge in [-0.25, -0.2) is 9.97 Å². The number of anilines is 2. The molecule has 3 rings (SSSR count). The molecule has 0 atom stereocenters. The Hall–Kier alpha value is -3.61. The Balaban J connectivity index is 1.74. The molecule has 7 nitrogen and oxygen atoms in total. The van der Waals surface area contributed by atoms with Crippen LogP contribution in [0.1, 0.15) is 27.3 Å². The van der Waals surface area contributed by atoms with Crippen molar-refractivity contribution in [2.45, 2.75) is 20.4 Å². The summed E-state index contributed by atoms with van der Waals surface area (Å²) in [4.78, 5) is 21.3. The lowest BCUT2D eigenvalue weighted by Crippen LogP contribution is -2.24. The Morgan fingerprint density at radius 1 is 0.966 bits per heavy atom. The molecule has 0 radical (unpaired) electrons. The van der Waals surface area contributed by atoms with Crippen LogP contribution in [-0.4, -0.2) is 30.1 Å². The number of carbonyl (C=O) groups is 1. The summed E-state index contributed by atoms with van der Waals surface area (Å²) in [5, 5.41) is 6.03. The predicted octanol–water partition coefficient (Wildman–Crippen LogP) is 3.78. The van der Waals surface area contributed by atoms with E-state index < -0.39 is 0 Å². The Morgan fingerprint density at radius 2 is 1.72 bits per heavy atom. The van der Waals surface area contributed by atoms with Crippen LogP contribution in [0.15, 0.2) is 48.5 Å². The van der Waals surface area contributed by atoms with Crippen LogP contribution in [0.5, 0.6) is 11.5 Å². The number of aryl methyl sites for hydroxylation is 2. The first-order valence-corrected chi connectivity index (χ1v) is 9.17. The highest BCUT2D eigenvalue weighted by Crippen LogP contribution is 2.27. The van der Waals surface area contributed by atoms with Gasteiger partial charge in [0.15, 0.2) is 0 Å². The Kier molecular flexibility index (Phi) is 6.29. The molecule has 1 amide bonds. The molecule has 29 heavy (non-hydrogen) atoms. The zero-order valence-corrected chi connectivity index (χ0v) is 16.9. The van der Waals surface area contributed by atoms with Gasteiger partial charge < -0.3 is 20.1 Å². The van der Waals surface area contributed by atoms with Gasteiger partial charge in [-0.1, -0.05) is 18.2 Å². The van der Waals surface area contributed by atoms with E-state index >= 15 is 0 Å². The first-order valence-electron chi connectivity index (χ1n) is 9.17. The molecule has 0 aliphatic carbocycles. The highest BCUT2D eigenvalue weighted by atomic mass is 16.5. The molecule has 0 saturated carbocycles. The average molecular weight is 392 g/mol. The maximum absolute atomic E-state index is 12.6. The third kappa shape index (κ3) is 5.22. The molecular formula is C22H24N4O3. The van der Waals surface area contributed by atoms with Gasteiger partial charge in [-0.05, 0) is 55.3 Å². The van der Waals surface area contributed by atoms with Crippen molar-refractivity contribution >= 4 is 17.5 Å². The minimum absolute atomic E-state index is 0.273. The number of hydrogen-bond donors (Lipinski definition) is 2. The van der Waals surface area contributed by atoms with E-state index in [9.17, 15) is 4.79 Å². The lowest BCUT2D eigenvalue weighted by atomic mass is 10.2. The Morgan fingerprint density at radius 3 is 2.41 bits per heavy atom. The van der Waals surface area contributed by atoms with Gasteiger partial charge in [-0.3, -0.25) is 4.79 Å². The van der Waals surface area contributed by atoms with Crippen LogP contribution in [0.25, 0.3) is 0 Å². The molecule has 0 fully saturated rings. The predicted molar refractivity (Wildman–Crippen MR) is 112 cm³/mol. The number of nitrogens with zero attached hydrogens (tertiary/aromatic N) is 2. The minimum Gasteiger partial charge on any atom is -0.497 e. The van der Waals surface area contributed by atoms with Crippen LogP contribution in [-0.2, 0) is 6.54 Å². The maximum Gasteiger partial charge on any atom is 0.270 e. The summed E-state index contributed by atoms with van der Waals surface area (Å²) in [6, 6.07) is 14.9. The van der Waals surface area contributed by atoms with E-state index in [1.165, 1.54) is 0 Å². The first kappa shape index (κ1) is 20.1. The molecule has 0 spiro atoms. The van der Waals surface area contributed by atoms with E-state index in [1.54, 1.807) is 20.3 Å². The van der Waals surface area contributed by atoms with E-state index in [-0.39, 0.29) is 5.91 Å². The molecule has 1 heterocycles. The number of methoxy groups -OCH3 is 2. The smallest absolute Gasteiger partial charge is 0.270 e. The van der Waals surface area contributed by atoms with Crippen molar-refractivity contribution in [3.05, 3.63) is 71.0 Å². The average Bonchev–Trinajstić information content (AvgIpc) is 2.72. The van der Waals surface area contributed by atoms with Gasteiger partial charge in [0.25, 0.3) is 5.91 Å². The number of carbonyl (C=O) groups excluding carboxylic acids is 1. The van der Waals surface area contributed by atoms with Crippen LogP contribution < -0.4 is 20.1 Å². The number of rotatable bonds is 7. The molecule has 0 saturated heterocycles. The van der Waals surface area contributed by atoms with Crippen LogP contribution >= 0.6 is 0 Å². The second-order valence-electron chi connectivity index (χ2n) is 6.58. The molecule has 0 aliphatic heterocycles. The van der Waals surface area contributed by atoms with Crippen LogP contribution in [0, 0.1) is 13.8 Å². The van der Waals surface area contributed by atoms with E-state index in [0.29, 0.717) is 29.6 Å². The van der Waals surface area contributed by atoms with E-state index in [2.05, 4.69) is 20.6 Å². The fourth-order valence-electron chi connectivity index (χ4n) is 2.80. The van der Waals surface area contributed by atoms with Crippen molar-refractivity contribution in [1.82, 2.24) is 15.3 Å². The second kappa shape index (κ2) is 9.05. The summed E-state index contributed by atoms with van der Waals surface area (Å²) in [5.74, 6) is 1.51. The van der Waals surface area contributed by atoms with Crippen molar-refractivity contribution in [3.63, 3.8) is 0 Å². The van der Waals surface area contributed by atoms with Crippen molar-refractivity contribution in [2.75, 3.05) is 19.5 Å². The molecule has 3 aromatic rings. The third-order valence-electron chi connectivity index (χ3n) is 4.30. The Bertz CT molecular complexity index is 1000. The molecule has 2 N–H and O–H groups in total. The number of nitrogens with one attached hydrogen (secondary N) is 2. The van der Waals surface area contributed by atoms with Gasteiger partial charge in [-0.15, -0.1) is 0 Å². The van der Waals surface area contributed by atoms with E-state index in [1.807, 2.05) is 56.3 Å². The van der Waals surface area contributed by atoms with Gasteiger partial charge in [0, 0.05) is 12.2 Å². The largest absolute Gasteiger partial charge is 0.497 e. The van der Waals surface area contributed by atoms with Crippen molar-refractivity contribution in [1.29, 1.82) is 0 Å². The van der Waals surface area contributed by atoms with Gasteiger partial charge in [-0.2, -0.15) is 0 Å². The SMILES string of the molecule is COc1ccc(CNC(=O)c2cc(C)nc(Nc3cc(C)ccc3OC)n2)cc1. The van der Waals surface area contributed by atoms with Crippen molar-refractivity contribution in [2.24, 2.45) is 0 Å². The summed E-state index contributed by atoms with van der Waals surface area (Å²) in [6.45, 7) is 4.20. The van der Waals surface area contributed by atoms with Crippen molar-refractivity contribution in [3.8, 4) is 11.5 Å². The van der Waals surface area contributed by atoms with E-state index in [0.717, 1.165) is 22.6 Å². The number of hydrogen-bond acceptors (Lipinski definition) is 6. The number of aromatic nitrogens is 2. The Labute approximate surface area is 170 Å². The van der Waals surface area contributed by atoms with Gasteiger partial charge in [0.2, 0.25) is 5.95 Å². The number of amides is 1. The highest BCUT2D eigenvalue weighted by molar-refractivity contribution is 5.92. The zero-order valence-electron chi connectivity index (χ0n) is 16.9. The number of benzene rings is 2. The van der Waals surface area contributed by atoms with Gasteiger partial charge >= 0.3 is 0 Å². The third-order valence-corrected chi connectivity index (χ3v) is 4.30. The molecule has 1 aromatic heterocycles. The maximum atomic E-state index is 12.6. The number of ether oxygens (including phenoxy) is 2. The van der Waals surface area contributed by atoms with Crippen LogP contribution in [0.2, 0.25) is 0 Å². The summed E-state index contributed by atoms with van der Waals surface area (Å²) in [7, 11) is 3.22. The fourth-order valence-corrected chi connectivity index (χ4v) is 2.80. The molecule has 0 bridgehead atoms. The van der Waals surface area contributed by atoms with Gasteiger partial charge in [0.1, 0.15) is 17.2 Å². The quantitative estimate of drug-likeness (QED) is 0.636. The minimum atomic E-state index is -0.273. The van der Waals surface area contributed by atoms with Gasteiger partial charge in [0.05, 0.1) is 19.9 Å². The highest BCUT2D eigenvalue weighted by Gasteiger charge is 2.12. The molecular weight excluding hydrogens is 368 g/mol. The molecule has 0 aliphatic rings. The molecule has 0 unspecified atom stereocenters. The summed E-state index contributed by atoms with van der Waals surface area (Å²) in [6.07, 6.45) is 0. The topological polar surface area (TPSA) is 85.4 Å².